The Morgan fingerprint density at radius 2 is 2.36 bits per heavy atom. The Bertz CT molecular complexity index is 626. The molecule has 0 saturated carbocycles. The lowest BCUT2D eigenvalue weighted by Crippen LogP contribution is -2.39. The molecule has 1 atom stereocenters. The average molecular weight is 315 g/mol. The van der Waals surface area contributed by atoms with Crippen LogP contribution >= 0.6 is 11.3 Å². The first-order valence-electron chi connectivity index (χ1n) is 7.81. The molecule has 0 radical (unpaired) electrons. The zero-order valence-electron chi connectivity index (χ0n) is 12.9. The minimum Gasteiger partial charge on any atom is -0.302 e. The van der Waals surface area contributed by atoms with E-state index in [1.807, 2.05) is 25.1 Å². The van der Waals surface area contributed by atoms with Crippen LogP contribution in [0.15, 0.2) is 29.8 Å². The van der Waals surface area contributed by atoms with Crippen LogP contribution in [0.25, 0.3) is 0 Å². The van der Waals surface area contributed by atoms with Crippen molar-refractivity contribution in [1.29, 1.82) is 0 Å². The largest absolute Gasteiger partial charge is 0.302 e. The second-order valence-corrected chi connectivity index (χ2v) is 6.89. The van der Waals surface area contributed by atoms with E-state index >= 15 is 0 Å². The lowest BCUT2D eigenvalue weighted by Gasteiger charge is -2.31. The third kappa shape index (κ3) is 3.78. The molecule has 3 rings (SSSR count). The van der Waals surface area contributed by atoms with Crippen molar-refractivity contribution in [3.05, 3.63) is 46.2 Å². The second-order valence-electron chi connectivity index (χ2n) is 5.83. The van der Waals surface area contributed by atoms with Crippen LogP contribution in [-0.2, 0) is 6.42 Å². The minimum atomic E-state index is 0.0841. The first kappa shape index (κ1) is 15.3. The lowest BCUT2D eigenvalue weighted by molar-refractivity contribution is 0.0816. The summed E-state index contributed by atoms with van der Waals surface area (Å²) in [5.74, 6) is 0.274. The Morgan fingerprint density at radius 3 is 3.09 bits per heavy atom. The number of pyridine rings is 1. The van der Waals surface area contributed by atoms with Crippen LogP contribution in [0.5, 0.6) is 0 Å². The fourth-order valence-electron chi connectivity index (χ4n) is 2.99. The monoisotopic (exact) mass is 315 g/mol. The van der Waals surface area contributed by atoms with Crippen LogP contribution in [0.2, 0.25) is 0 Å². The van der Waals surface area contributed by atoms with Crippen LogP contribution in [0.1, 0.15) is 34.0 Å². The van der Waals surface area contributed by atoms with Gasteiger partial charge in [-0.05, 0) is 38.4 Å². The zero-order chi connectivity index (χ0) is 15.4. The van der Waals surface area contributed by atoms with E-state index in [9.17, 15) is 4.79 Å². The van der Waals surface area contributed by atoms with Gasteiger partial charge in [-0.3, -0.25) is 9.78 Å². The van der Waals surface area contributed by atoms with Crippen molar-refractivity contribution >= 4 is 17.1 Å². The summed E-state index contributed by atoms with van der Waals surface area (Å²) in [7, 11) is 0. The first-order chi connectivity index (χ1) is 10.7. The number of ketones is 1. The standard InChI is InChI=1S/C17H21N3OS/c1-13-19-15(12-22-13)7-10-20-9-4-5-14(11-20)17(21)16-6-2-3-8-18-16/h2-3,6,8,12,14H,4-5,7,9-11H2,1H3/t14-/m1/s1. The smallest absolute Gasteiger partial charge is 0.185 e. The normalized spacial score (nSPS) is 19.2. The maximum atomic E-state index is 12.5. The SMILES string of the molecule is Cc1nc(CCN2CCC[C@@H](C(=O)c3ccccn3)C2)cs1. The van der Waals surface area contributed by atoms with E-state index in [1.165, 1.54) is 5.69 Å². The third-order valence-corrected chi connectivity index (χ3v) is 4.97. The molecule has 0 spiro atoms. The highest BCUT2D eigenvalue weighted by Gasteiger charge is 2.27. The molecule has 3 heterocycles. The molecule has 22 heavy (non-hydrogen) atoms. The predicted molar refractivity (Wildman–Crippen MR) is 88.3 cm³/mol. The van der Waals surface area contributed by atoms with E-state index in [0.29, 0.717) is 5.69 Å². The summed E-state index contributed by atoms with van der Waals surface area (Å²) in [6.45, 7) is 4.94. The molecular weight excluding hydrogens is 294 g/mol. The van der Waals surface area contributed by atoms with Gasteiger partial charge < -0.3 is 4.90 Å². The van der Waals surface area contributed by atoms with Crippen LogP contribution in [0.3, 0.4) is 0 Å². The summed E-state index contributed by atoms with van der Waals surface area (Å²) in [4.78, 5) is 23.6. The summed E-state index contributed by atoms with van der Waals surface area (Å²) in [5.41, 5.74) is 1.77. The molecule has 5 heteroatoms. The van der Waals surface area contributed by atoms with Crippen LogP contribution in [0.4, 0.5) is 0 Å². The van der Waals surface area contributed by atoms with E-state index in [0.717, 1.165) is 43.9 Å². The highest BCUT2D eigenvalue weighted by atomic mass is 32.1. The second kappa shape index (κ2) is 7.11. The summed E-state index contributed by atoms with van der Waals surface area (Å²) in [5, 5.41) is 3.26. The van der Waals surface area contributed by atoms with Crippen LogP contribution in [0, 0.1) is 12.8 Å². The average Bonchev–Trinajstić information content (AvgIpc) is 2.99. The van der Waals surface area contributed by atoms with Gasteiger partial charge in [-0.2, -0.15) is 0 Å². The van der Waals surface area contributed by atoms with E-state index in [-0.39, 0.29) is 11.7 Å². The maximum Gasteiger partial charge on any atom is 0.185 e. The molecule has 0 bridgehead atoms. The molecule has 0 N–H and O–H groups in total. The quantitative estimate of drug-likeness (QED) is 0.796. The summed E-state index contributed by atoms with van der Waals surface area (Å²) in [6.07, 6.45) is 4.72. The molecule has 1 saturated heterocycles. The first-order valence-corrected chi connectivity index (χ1v) is 8.69. The summed E-state index contributed by atoms with van der Waals surface area (Å²) >= 11 is 1.70. The van der Waals surface area contributed by atoms with Gasteiger partial charge in [0, 0.05) is 37.0 Å². The van der Waals surface area contributed by atoms with Crippen molar-refractivity contribution in [2.75, 3.05) is 19.6 Å². The fraction of sp³-hybridized carbons (Fsp3) is 0.471. The van der Waals surface area contributed by atoms with E-state index in [1.54, 1.807) is 17.5 Å². The topological polar surface area (TPSA) is 46.1 Å². The van der Waals surface area contributed by atoms with Gasteiger partial charge in [-0.1, -0.05) is 6.07 Å². The molecular formula is C17H21N3OS. The number of aryl methyl sites for hydroxylation is 1. The summed E-state index contributed by atoms with van der Waals surface area (Å²) in [6, 6.07) is 5.55. The van der Waals surface area contributed by atoms with Gasteiger partial charge in [-0.25, -0.2) is 4.98 Å². The van der Waals surface area contributed by atoms with Gasteiger partial charge in [-0.15, -0.1) is 11.3 Å². The Kier molecular flexibility index (Phi) is 4.95. The van der Waals surface area contributed by atoms with E-state index < -0.39 is 0 Å². The number of nitrogens with zero attached hydrogens (tertiary/aromatic N) is 3. The number of piperidine rings is 1. The number of likely N-dealkylation sites (tertiary alicyclic amines) is 1. The molecule has 1 fully saturated rings. The van der Waals surface area contributed by atoms with Crippen molar-refractivity contribution in [3.63, 3.8) is 0 Å². The molecule has 2 aromatic heterocycles. The van der Waals surface area contributed by atoms with Crippen molar-refractivity contribution < 1.29 is 4.79 Å². The van der Waals surface area contributed by atoms with Gasteiger partial charge in [0.1, 0.15) is 5.69 Å². The lowest BCUT2D eigenvalue weighted by atomic mass is 9.92. The van der Waals surface area contributed by atoms with Crippen LogP contribution in [-0.4, -0.2) is 40.3 Å². The van der Waals surface area contributed by atoms with Crippen molar-refractivity contribution in [2.45, 2.75) is 26.2 Å². The van der Waals surface area contributed by atoms with Gasteiger partial charge in [0.15, 0.2) is 5.78 Å². The number of Topliss-reactive ketones (excluding diaryl/α,β-unsaturated/α-hetero) is 1. The molecule has 2 aromatic rings. The van der Waals surface area contributed by atoms with Crippen molar-refractivity contribution in [3.8, 4) is 0 Å². The number of carbonyl (C=O) groups is 1. The third-order valence-electron chi connectivity index (χ3n) is 4.14. The highest BCUT2D eigenvalue weighted by Crippen LogP contribution is 2.20. The Balaban J connectivity index is 1.56. The van der Waals surface area contributed by atoms with Crippen molar-refractivity contribution in [1.82, 2.24) is 14.9 Å². The zero-order valence-corrected chi connectivity index (χ0v) is 13.7. The Morgan fingerprint density at radius 1 is 1.45 bits per heavy atom. The molecule has 0 amide bonds. The highest BCUT2D eigenvalue weighted by molar-refractivity contribution is 7.09. The van der Waals surface area contributed by atoms with Gasteiger partial charge in [0.2, 0.25) is 0 Å². The number of carbonyl (C=O) groups excluding carboxylic acids is 1. The summed E-state index contributed by atoms with van der Waals surface area (Å²) < 4.78 is 0. The number of aromatic nitrogens is 2. The molecule has 0 aliphatic carbocycles. The number of hydrogen-bond acceptors (Lipinski definition) is 5. The fourth-order valence-corrected chi connectivity index (χ4v) is 3.63. The maximum absolute atomic E-state index is 12.5. The number of rotatable bonds is 5. The van der Waals surface area contributed by atoms with Gasteiger partial charge in [0.25, 0.3) is 0 Å². The minimum absolute atomic E-state index is 0.0841. The Hall–Kier alpha value is -1.59. The molecule has 116 valence electrons. The Labute approximate surface area is 135 Å². The van der Waals surface area contributed by atoms with E-state index in [4.69, 9.17) is 0 Å². The molecule has 1 aliphatic heterocycles. The van der Waals surface area contributed by atoms with Gasteiger partial charge in [0.05, 0.1) is 10.7 Å². The van der Waals surface area contributed by atoms with Crippen molar-refractivity contribution in [2.24, 2.45) is 5.92 Å². The van der Waals surface area contributed by atoms with Gasteiger partial charge >= 0.3 is 0 Å². The molecule has 0 unspecified atom stereocenters. The molecule has 4 nitrogen and oxygen atoms in total. The number of hydrogen-bond donors (Lipinski definition) is 0. The molecule has 0 aromatic carbocycles. The number of thiazole rings is 1. The van der Waals surface area contributed by atoms with E-state index in [2.05, 4.69) is 20.2 Å². The van der Waals surface area contributed by atoms with Crippen LogP contribution < -0.4 is 0 Å². The molecule has 1 aliphatic rings. The predicted octanol–water partition coefficient (Wildman–Crippen LogP) is 2.98.